The Balaban J connectivity index is 0.00000121. The van der Waals surface area contributed by atoms with Crippen molar-refractivity contribution in [3.63, 3.8) is 0 Å². The summed E-state index contributed by atoms with van der Waals surface area (Å²) in [5.74, 6) is -0.115. The van der Waals surface area contributed by atoms with E-state index >= 15 is 0 Å². The number of nitrogen functional groups attached to an aromatic ring is 1. The van der Waals surface area contributed by atoms with Crippen LogP contribution in [0.2, 0.25) is 0 Å². The molecule has 0 aliphatic heterocycles. The fraction of sp³-hybridized carbons (Fsp3) is 0.222. The van der Waals surface area contributed by atoms with E-state index in [4.69, 9.17) is 11.0 Å². The number of halogens is 1. The third-order valence-electron chi connectivity index (χ3n) is 1.66. The molecule has 3 heteroatoms. The number of benzene rings is 1. The zero-order valence-corrected chi connectivity index (χ0v) is 7.64. The van der Waals surface area contributed by atoms with Gasteiger partial charge in [0, 0.05) is 5.69 Å². The predicted octanol–water partition coefficient (Wildman–Crippen LogP) is 2.32. The molecule has 12 heavy (non-hydrogen) atoms. The molecule has 1 aromatic carbocycles. The minimum Gasteiger partial charge on any atom is -0.398 e. The summed E-state index contributed by atoms with van der Waals surface area (Å²) in [4.78, 5) is 0. The van der Waals surface area contributed by atoms with E-state index in [1.54, 1.807) is 0 Å². The molecular formula is C9H11ClN2. The maximum atomic E-state index is 8.61. The standard InChI is InChI=1S/C9H10N2.ClH/c1-7(6-10)8-4-2-3-5-9(8)11;/h2-5,7H,11H2,1H3;1H. The Morgan fingerprint density at radius 1 is 1.42 bits per heavy atom. The quantitative estimate of drug-likeness (QED) is 0.678. The number of hydrogen-bond acceptors (Lipinski definition) is 2. The minimum absolute atomic E-state index is 0. The minimum atomic E-state index is -0.115. The lowest BCUT2D eigenvalue weighted by Gasteiger charge is -2.04. The summed E-state index contributed by atoms with van der Waals surface area (Å²) in [6, 6.07) is 9.58. The molecule has 0 saturated heterocycles. The molecular weight excluding hydrogens is 172 g/mol. The smallest absolute Gasteiger partial charge is 0.0704 e. The van der Waals surface area contributed by atoms with Gasteiger partial charge in [-0.05, 0) is 18.6 Å². The number of nitrogens with two attached hydrogens (primary N) is 1. The van der Waals surface area contributed by atoms with Gasteiger partial charge >= 0.3 is 0 Å². The van der Waals surface area contributed by atoms with Crippen LogP contribution >= 0.6 is 12.4 Å². The second-order valence-electron chi connectivity index (χ2n) is 2.48. The Kier molecular flexibility index (Phi) is 4.17. The molecule has 2 nitrogen and oxygen atoms in total. The Hall–Kier alpha value is -1.20. The largest absolute Gasteiger partial charge is 0.398 e. The molecule has 0 aliphatic rings. The summed E-state index contributed by atoms with van der Waals surface area (Å²) in [6.45, 7) is 1.84. The van der Waals surface area contributed by atoms with Gasteiger partial charge in [0.2, 0.25) is 0 Å². The summed E-state index contributed by atoms with van der Waals surface area (Å²) in [6.07, 6.45) is 0. The number of anilines is 1. The van der Waals surface area contributed by atoms with Crippen LogP contribution in [0.15, 0.2) is 24.3 Å². The molecule has 0 aromatic heterocycles. The highest BCUT2D eigenvalue weighted by atomic mass is 35.5. The number of nitriles is 1. The monoisotopic (exact) mass is 182 g/mol. The Morgan fingerprint density at radius 2 is 2.00 bits per heavy atom. The van der Waals surface area contributed by atoms with E-state index in [1.165, 1.54) is 0 Å². The average molecular weight is 183 g/mol. The normalized spacial score (nSPS) is 11.0. The molecule has 64 valence electrons. The van der Waals surface area contributed by atoms with Crippen LogP contribution in [-0.4, -0.2) is 0 Å². The van der Waals surface area contributed by atoms with Crippen molar-refractivity contribution < 1.29 is 0 Å². The molecule has 0 spiro atoms. The van der Waals surface area contributed by atoms with Crippen molar-refractivity contribution in [1.29, 1.82) is 5.26 Å². The lowest BCUT2D eigenvalue weighted by atomic mass is 10.0. The Labute approximate surface area is 78.4 Å². The molecule has 1 unspecified atom stereocenters. The molecule has 0 heterocycles. The highest BCUT2D eigenvalue weighted by Gasteiger charge is 2.05. The van der Waals surface area contributed by atoms with Gasteiger partial charge in [-0.25, -0.2) is 0 Å². The summed E-state index contributed by atoms with van der Waals surface area (Å²) in [7, 11) is 0. The molecule has 1 aromatic rings. The van der Waals surface area contributed by atoms with Gasteiger partial charge in [0.1, 0.15) is 0 Å². The van der Waals surface area contributed by atoms with Crippen molar-refractivity contribution in [2.75, 3.05) is 5.73 Å². The van der Waals surface area contributed by atoms with Gasteiger partial charge in [-0.1, -0.05) is 18.2 Å². The average Bonchev–Trinajstić information content (AvgIpc) is 2.04. The fourth-order valence-corrected chi connectivity index (χ4v) is 0.975. The van der Waals surface area contributed by atoms with Crippen molar-refractivity contribution in [2.24, 2.45) is 0 Å². The fourth-order valence-electron chi connectivity index (χ4n) is 0.975. The second-order valence-corrected chi connectivity index (χ2v) is 2.48. The Morgan fingerprint density at radius 3 is 2.50 bits per heavy atom. The van der Waals surface area contributed by atoms with E-state index in [0.717, 1.165) is 5.56 Å². The first-order valence-electron chi connectivity index (χ1n) is 3.49. The van der Waals surface area contributed by atoms with Gasteiger partial charge in [0.05, 0.1) is 12.0 Å². The first-order valence-corrected chi connectivity index (χ1v) is 3.49. The molecule has 2 N–H and O–H groups in total. The van der Waals surface area contributed by atoms with E-state index < -0.39 is 0 Å². The molecule has 0 amide bonds. The highest BCUT2D eigenvalue weighted by Crippen LogP contribution is 2.20. The predicted molar refractivity (Wildman–Crippen MR) is 52.1 cm³/mol. The molecule has 0 radical (unpaired) electrons. The van der Waals surface area contributed by atoms with Gasteiger partial charge in [-0.3, -0.25) is 0 Å². The SMILES string of the molecule is CC(C#N)c1ccccc1N.Cl. The molecule has 0 fully saturated rings. The van der Waals surface area contributed by atoms with Crippen LogP contribution < -0.4 is 5.73 Å². The van der Waals surface area contributed by atoms with E-state index in [9.17, 15) is 0 Å². The van der Waals surface area contributed by atoms with Crippen LogP contribution in [0.5, 0.6) is 0 Å². The van der Waals surface area contributed by atoms with Gasteiger partial charge < -0.3 is 5.73 Å². The second kappa shape index (κ2) is 4.63. The zero-order chi connectivity index (χ0) is 8.27. The topological polar surface area (TPSA) is 49.8 Å². The number of para-hydroxylation sites is 1. The highest BCUT2D eigenvalue weighted by molar-refractivity contribution is 5.85. The number of nitrogens with zero attached hydrogens (tertiary/aromatic N) is 1. The van der Waals surface area contributed by atoms with Crippen LogP contribution in [0.25, 0.3) is 0 Å². The van der Waals surface area contributed by atoms with Gasteiger partial charge in [-0.15, -0.1) is 12.4 Å². The Bertz CT molecular complexity index is 291. The van der Waals surface area contributed by atoms with E-state index in [2.05, 4.69) is 6.07 Å². The maximum absolute atomic E-state index is 8.61. The van der Waals surface area contributed by atoms with Crippen molar-refractivity contribution in [3.8, 4) is 6.07 Å². The van der Waals surface area contributed by atoms with Crippen molar-refractivity contribution >= 4 is 18.1 Å². The van der Waals surface area contributed by atoms with E-state index in [-0.39, 0.29) is 18.3 Å². The van der Waals surface area contributed by atoms with Crippen LogP contribution in [0.1, 0.15) is 18.4 Å². The van der Waals surface area contributed by atoms with Crippen LogP contribution in [0, 0.1) is 11.3 Å². The third kappa shape index (κ3) is 2.14. The molecule has 1 atom stereocenters. The number of rotatable bonds is 1. The molecule has 0 aliphatic carbocycles. The van der Waals surface area contributed by atoms with Crippen molar-refractivity contribution in [1.82, 2.24) is 0 Å². The lowest BCUT2D eigenvalue weighted by Crippen LogP contribution is -1.96. The van der Waals surface area contributed by atoms with Gasteiger partial charge in [0.25, 0.3) is 0 Å². The van der Waals surface area contributed by atoms with Crippen LogP contribution in [0.4, 0.5) is 5.69 Å². The van der Waals surface area contributed by atoms with Crippen molar-refractivity contribution in [3.05, 3.63) is 29.8 Å². The van der Waals surface area contributed by atoms with Gasteiger partial charge in [-0.2, -0.15) is 5.26 Å². The number of hydrogen-bond donors (Lipinski definition) is 1. The molecule has 0 saturated carbocycles. The summed E-state index contributed by atoms with van der Waals surface area (Å²) < 4.78 is 0. The summed E-state index contributed by atoms with van der Waals surface area (Å²) in [5.41, 5.74) is 7.25. The first-order chi connectivity index (χ1) is 5.25. The molecule has 1 rings (SSSR count). The van der Waals surface area contributed by atoms with Crippen LogP contribution in [0.3, 0.4) is 0 Å². The molecule has 0 bridgehead atoms. The van der Waals surface area contributed by atoms with E-state index in [0.29, 0.717) is 5.69 Å². The lowest BCUT2D eigenvalue weighted by molar-refractivity contribution is 0.986. The maximum Gasteiger partial charge on any atom is 0.0704 e. The van der Waals surface area contributed by atoms with Gasteiger partial charge in [0.15, 0.2) is 0 Å². The van der Waals surface area contributed by atoms with Crippen LogP contribution in [-0.2, 0) is 0 Å². The summed E-state index contributed by atoms with van der Waals surface area (Å²) in [5, 5.41) is 8.61. The summed E-state index contributed by atoms with van der Waals surface area (Å²) >= 11 is 0. The van der Waals surface area contributed by atoms with Crippen molar-refractivity contribution in [2.45, 2.75) is 12.8 Å². The first kappa shape index (κ1) is 10.8. The zero-order valence-electron chi connectivity index (χ0n) is 6.82. The van der Waals surface area contributed by atoms with E-state index in [1.807, 2.05) is 31.2 Å². The third-order valence-corrected chi connectivity index (χ3v) is 1.66.